The van der Waals surface area contributed by atoms with Gasteiger partial charge in [-0.3, -0.25) is 0 Å². The highest BCUT2D eigenvalue weighted by Gasteiger charge is 2.22. The largest absolute Gasteiger partial charge is 0.309 e. The van der Waals surface area contributed by atoms with Crippen molar-refractivity contribution in [2.45, 2.75) is 0 Å². The van der Waals surface area contributed by atoms with E-state index in [0.717, 1.165) is 139 Å². The first-order valence-electron chi connectivity index (χ1n) is 37.5. The monoisotopic (exact) mass is 1420 g/mol. The normalized spacial score (nSPS) is 11.6. The lowest BCUT2D eigenvalue weighted by Gasteiger charge is -2.13. The van der Waals surface area contributed by atoms with Crippen molar-refractivity contribution in [3.8, 4) is 141 Å². The molecule has 21 aromatic rings. The minimum atomic E-state index is 0.580. The molecule has 5 heterocycles. The lowest BCUT2D eigenvalue weighted by Crippen LogP contribution is -2.00. The van der Waals surface area contributed by atoms with Crippen molar-refractivity contribution in [1.29, 1.82) is 0 Å². The van der Waals surface area contributed by atoms with Crippen LogP contribution in [0.3, 0.4) is 0 Å². The maximum Gasteiger partial charge on any atom is 0.164 e. The number of aromatic nitrogens is 9. The molecule has 0 spiro atoms. The summed E-state index contributed by atoms with van der Waals surface area (Å²) < 4.78 is 7.12. The van der Waals surface area contributed by atoms with Crippen molar-refractivity contribution in [1.82, 2.24) is 43.6 Å². The molecule has 0 saturated carbocycles. The molecule has 0 amide bonds. The van der Waals surface area contributed by atoms with Crippen LogP contribution in [-0.4, -0.2) is 43.6 Å². The van der Waals surface area contributed by atoms with Crippen LogP contribution in [0.25, 0.3) is 206 Å². The average molecular weight is 1420 g/mol. The Labute approximate surface area is 640 Å². The quantitative estimate of drug-likeness (QED) is 0.108. The Hall–Kier alpha value is -15.1. The standard InChI is InChI=1S/C102H65N9/c1-6-25-67(26-7-1)97-103-98(68-27-8-2-9-28-68)107-102(106-97)81-61-79(74-50-55-94-89(63-74)87-43-18-21-46-93(87)109(94)82-37-12-4-13-38-82)60-80(62-81)75-51-56-95-90(64-75)88-54-49-76(65-96(88)111(95)83-39-14-5-15-40-83)73-34-24-36-78(59-73)101-105-99(69-29-10-3-11-30-69)104-100(108-101)77-35-23-33-72(58-77)71-32-22-31-70(57-71)66-47-52-84(53-48-66)110-91-44-19-16-41-85(91)86-42-17-20-45-92(86)110/h1-65H. The van der Waals surface area contributed by atoms with Crippen LogP contribution in [0.5, 0.6) is 0 Å². The summed E-state index contributed by atoms with van der Waals surface area (Å²) in [4.78, 5) is 31.5. The lowest BCUT2D eigenvalue weighted by atomic mass is 9.94. The molecular weight excluding hydrogens is 1350 g/mol. The van der Waals surface area contributed by atoms with Gasteiger partial charge in [0.05, 0.1) is 33.1 Å². The molecule has 0 fully saturated rings. The van der Waals surface area contributed by atoms with Gasteiger partial charge >= 0.3 is 0 Å². The zero-order valence-electron chi connectivity index (χ0n) is 60.1. The van der Waals surface area contributed by atoms with Crippen LogP contribution < -0.4 is 0 Å². The van der Waals surface area contributed by atoms with E-state index in [4.69, 9.17) is 29.9 Å². The van der Waals surface area contributed by atoms with Gasteiger partial charge in [0.15, 0.2) is 34.9 Å². The van der Waals surface area contributed by atoms with Gasteiger partial charge in [-0.15, -0.1) is 0 Å². The predicted octanol–water partition coefficient (Wildman–Crippen LogP) is 25.7. The maximum atomic E-state index is 5.34. The van der Waals surface area contributed by atoms with Crippen molar-refractivity contribution in [2.24, 2.45) is 0 Å². The number of fused-ring (bicyclic) bond motifs is 9. The molecule has 0 bridgehead atoms. The first-order chi connectivity index (χ1) is 55.0. The molecule has 9 nitrogen and oxygen atoms in total. The third kappa shape index (κ3) is 11.7. The van der Waals surface area contributed by atoms with E-state index in [1.165, 1.54) is 32.6 Å². The Morgan fingerprint density at radius 1 is 0.126 bits per heavy atom. The highest BCUT2D eigenvalue weighted by molar-refractivity contribution is 6.13. The van der Waals surface area contributed by atoms with Gasteiger partial charge in [0.1, 0.15) is 0 Å². The van der Waals surface area contributed by atoms with E-state index in [1.54, 1.807) is 0 Å². The van der Waals surface area contributed by atoms with E-state index in [9.17, 15) is 0 Å². The average Bonchev–Trinajstić information content (AvgIpc) is 1.61. The molecule has 518 valence electrons. The van der Waals surface area contributed by atoms with Crippen LogP contribution in [0.15, 0.2) is 394 Å². The molecule has 16 aromatic carbocycles. The maximum absolute atomic E-state index is 5.34. The first-order valence-corrected chi connectivity index (χ1v) is 37.5. The van der Waals surface area contributed by atoms with Crippen molar-refractivity contribution in [3.63, 3.8) is 0 Å². The summed E-state index contributed by atoms with van der Waals surface area (Å²) in [6, 6.07) is 140. The summed E-state index contributed by atoms with van der Waals surface area (Å²) >= 11 is 0. The van der Waals surface area contributed by atoms with Crippen LogP contribution in [-0.2, 0) is 0 Å². The smallest absolute Gasteiger partial charge is 0.164 e. The van der Waals surface area contributed by atoms with E-state index in [-0.39, 0.29) is 0 Å². The first kappa shape index (κ1) is 64.3. The summed E-state index contributed by atoms with van der Waals surface area (Å²) in [6.45, 7) is 0. The molecule has 0 atom stereocenters. The molecule has 111 heavy (non-hydrogen) atoms. The minimum absolute atomic E-state index is 0.580. The number of hydrogen-bond acceptors (Lipinski definition) is 6. The summed E-state index contributed by atoms with van der Waals surface area (Å²) in [5.74, 6) is 3.55. The summed E-state index contributed by atoms with van der Waals surface area (Å²) in [5, 5.41) is 7.09. The topological polar surface area (TPSA) is 92.1 Å². The van der Waals surface area contributed by atoms with E-state index < -0.39 is 0 Å². The predicted molar refractivity (Wildman–Crippen MR) is 456 cm³/mol. The summed E-state index contributed by atoms with van der Waals surface area (Å²) in [7, 11) is 0. The van der Waals surface area contributed by atoms with Crippen LogP contribution >= 0.6 is 0 Å². The summed E-state index contributed by atoms with van der Waals surface area (Å²) in [5.41, 5.74) is 26.2. The van der Waals surface area contributed by atoms with E-state index in [1.807, 2.05) is 54.6 Å². The molecule has 0 aliphatic heterocycles. The SMILES string of the molecule is c1ccc(-c2nc(-c3cccc(-c4cccc(-c5ccc(-n6c7ccccc7c7ccccc76)cc5)c4)c3)nc(-c3cccc(-c4ccc5c6cc(-c7cc(-c8ccc9c(c8)c8ccccc8n9-c8ccccc8)cc(-c8nc(-c9ccccc9)nc(-c9ccccc9)n8)c7)ccc6n(-c6ccccc6)c5c4)c3)n2)cc1. The highest BCUT2D eigenvalue weighted by atomic mass is 15.0. The van der Waals surface area contributed by atoms with Crippen molar-refractivity contribution < 1.29 is 0 Å². The van der Waals surface area contributed by atoms with Gasteiger partial charge in [-0.25, -0.2) is 29.9 Å². The molecule has 9 heteroatoms. The van der Waals surface area contributed by atoms with E-state index >= 15 is 0 Å². The molecule has 0 N–H and O–H groups in total. The Balaban J connectivity index is 0.656. The fourth-order valence-electron chi connectivity index (χ4n) is 16.2. The highest BCUT2D eigenvalue weighted by Crippen LogP contribution is 2.43. The van der Waals surface area contributed by atoms with Crippen LogP contribution in [0, 0.1) is 0 Å². The van der Waals surface area contributed by atoms with Crippen LogP contribution in [0.2, 0.25) is 0 Å². The third-order valence-electron chi connectivity index (χ3n) is 21.5. The Morgan fingerprint density at radius 3 is 0.811 bits per heavy atom. The molecule has 0 saturated heterocycles. The lowest BCUT2D eigenvalue weighted by molar-refractivity contribution is 1.07. The fraction of sp³-hybridized carbons (Fsp3) is 0. The molecule has 0 aliphatic rings. The molecule has 5 aromatic heterocycles. The second-order valence-corrected chi connectivity index (χ2v) is 28.2. The van der Waals surface area contributed by atoms with Gasteiger partial charge in [0, 0.05) is 82.8 Å². The molecule has 0 unspecified atom stereocenters. The number of hydrogen-bond donors (Lipinski definition) is 0. The van der Waals surface area contributed by atoms with Crippen LogP contribution in [0.1, 0.15) is 0 Å². The van der Waals surface area contributed by atoms with Gasteiger partial charge in [0.2, 0.25) is 0 Å². The zero-order chi connectivity index (χ0) is 73.3. The minimum Gasteiger partial charge on any atom is -0.309 e. The molecule has 0 aliphatic carbocycles. The number of benzene rings is 16. The number of para-hydroxylation sites is 5. The Bertz CT molecular complexity index is 7060. The zero-order valence-corrected chi connectivity index (χ0v) is 60.1. The third-order valence-corrected chi connectivity index (χ3v) is 21.5. The molecular formula is C102H65N9. The van der Waals surface area contributed by atoms with Crippen molar-refractivity contribution >= 4 is 65.4 Å². The van der Waals surface area contributed by atoms with E-state index in [2.05, 4.69) is 353 Å². The Morgan fingerprint density at radius 2 is 0.378 bits per heavy atom. The van der Waals surface area contributed by atoms with Gasteiger partial charge in [-0.05, 0) is 177 Å². The van der Waals surface area contributed by atoms with Crippen molar-refractivity contribution in [2.75, 3.05) is 0 Å². The second kappa shape index (κ2) is 27.1. The second-order valence-electron chi connectivity index (χ2n) is 28.2. The van der Waals surface area contributed by atoms with E-state index in [0.29, 0.717) is 34.9 Å². The fourth-order valence-corrected chi connectivity index (χ4v) is 16.2. The summed E-state index contributed by atoms with van der Waals surface area (Å²) in [6.07, 6.45) is 0. The van der Waals surface area contributed by atoms with Gasteiger partial charge in [-0.2, -0.15) is 0 Å². The molecule has 21 rings (SSSR count). The number of rotatable bonds is 14. The van der Waals surface area contributed by atoms with Gasteiger partial charge in [-0.1, -0.05) is 273 Å². The molecule has 0 radical (unpaired) electrons. The van der Waals surface area contributed by atoms with Crippen molar-refractivity contribution in [3.05, 3.63) is 394 Å². The van der Waals surface area contributed by atoms with Crippen LogP contribution in [0.4, 0.5) is 0 Å². The number of nitrogens with zero attached hydrogens (tertiary/aromatic N) is 9. The Kier molecular flexibility index (Phi) is 15.7. The van der Waals surface area contributed by atoms with Gasteiger partial charge < -0.3 is 13.7 Å². The van der Waals surface area contributed by atoms with Gasteiger partial charge in [0.25, 0.3) is 0 Å².